The number of hydrogen-bond acceptors (Lipinski definition) is 3. The summed E-state index contributed by atoms with van der Waals surface area (Å²) in [6, 6.07) is 13.6. The summed E-state index contributed by atoms with van der Waals surface area (Å²) >= 11 is 0. The number of urea groups is 1. The lowest BCUT2D eigenvalue weighted by molar-refractivity contribution is 0.236. The van der Waals surface area contributed by atoms with E-state index in [-0.39, 0.29) is 12.1 Å². The first-order valence-electron chi connectivity index (χ1n) is 8.39. The number of nitrogens with one attached hydrogen (secondary N) is 2. The van der Waals surface area contributed by atoms with E-state index in [4.69, 9.17) is 9.47 Å². The summed E-state index contributed by atoms with van der Waals surface area (Å²) in [6.45, 7) is 4.52. The lowest BCUT2D eigenvalue weighted by Gasteiger charge is -2.18. The van der Waals surface area contributed by atoms with Gasteiger partial charge in [-0.25, -0.2) is 4.79 Å². The highest BCUT2D eigenvalue weighted by atomic mass is 16.5. The summed E-state index contributed by atoms with van der Waals surface area (Å²) in [6.07, 6.45) is 0.826. The van der Waals surface area contributed by atoms with Gasteiger partial charge in [0.15, 0.2) is 11.5 Å². The molecule has 0 aromatic heterocycles. The van der Waals surface area contributed by atoms with Gasteiger partial charge in [-0.05, 0) is 36.6 Å². The third kappa shape index (κ3) is 5.14. The predicted octanol–water partition coefficient (Wildman–Crippen LogP) is 3.96. The summed E-state index contributed by atoms with van der Waals surface area (Å²) in [5, 5.41) is 5.91. The number of aryl methyl sites for hydroxylation is 1. The SMILES string of the molecule is CCC(NC(=O)NCc1ccc(OC)c(OC)c1)c1ccc(C)cc1. The van der Waals surface area contributed by atoms with Gasteiger partial charge in [-0.3, -0.25) is 0 Å². The van der Waals surface area contributed by atoms with Crippen LogP contribution in [0.5, 0.6) is 11.5 Å². The zero-order valence-corrected chi connectivity index (χ0v) is 15.3. The van der Waals surface area contributed by atoms with E-state index in [9.17, 15) is 4.79 Å². The molecular formula is C20H26N2O3. The Morgan fingerprint density at radius 2 is 1.72 bits per heavy atom. The van der Waals surface area contributed by atoms with Gasteiger partial charge in [0.05, 0.1) is 20.3 Å². The monoisotopic (exact) mass is 342 g/mol. The van der Waals surface area contributed by atoms with Crippen molar-refractivity contribution in [1.29, 1.82) is 0 Å². The van der Waals surface area contributed by atoms with Gasteiger partial charge >= 0.3 is 6.03 Å². The van der Waals surface area contributed by atoms with Crippen molar-refractivity contribution in [2.45, 2.75) is 32.9 Å². The third-order valence-electron chi connectivity index (χ3n) is 4.09. The zero-order chi connectivity index (χ0) is 18.2. The average Bonchev–Trinajstić information content (AvgIpc) is 2.64. The molecule has 0 spiro atoms. The maximum atomic E-state index is 12.2. The van der Waals surface area contributed by atoms with Crippen molar-refractivity contribution in [1.82, 2.24) is 10.6 Å². The highest BCUT2D eigenvalue weighted by Crippen LogP contribution is 2.27. The van der Waals surface area contributed by atoms with Gasteiger partial charge in [0.2, 0.25) is 0 Å². The van der Waals surface area contributed by atoms with Crippen LogP contribution in [-0.4, -0.2) is 20.3 Å². The van der Waals surface area contributed by atoms with Crippen molar-refractivity contribution in [2.75, 3.05) is 14.2 Å². The number of benzene rings is 2. The second-order valence-corrected chi connectivity index (χ2v) is 5.89. The quantitative estimate of drug-likeness (QED) is 0.800. The Hall–Kier alpha value is -2.69. The van der Waals surface area contributed by atoms with Crippen LogP contribution in [0.25, 0.3) is 0 Å². The lowest BCUT2D eigenvalue weighted by atomic mass is 10.0. The number of hydrogen-bond donors (Lipinski definition) is 2. The highest BCUT2D eigenvalue weighted by molar-refractivity contribution is 5.74. The summed E-state index contributed by atoms with van der Waals surface area (Å²) in [5.74, 6) is 1.31. The van der Waals surface area contributed by atoms with Crippen LogP contribution in [0.2, 0.25) is 0 Å². The molecule has 2 aromatic rings. The van der Waals surface area contributed by atoms with Crippen molar-refractivity contribution < 1.29 is 14.3 Å². The van der Waals surface area contributed by atoms with Crippen molar-refractivity contribution >= 4 is 6.03 Å². The Balaban J connectivity index is 1.94. The topological polar surface area (TPSA) is 59.6 Å². The lowest BCUT2D eigenvalue weighted by Crippen LogP contribution is -2.37. The standard InChI is InChI=1S/C20H26N2O3/c1-5-17(16-9-6-14(2)7-10-16)22-20(23)21-13-15-8-11-18(24-3)19(12-15)25-4/h6-12,17H,5,13H2,1-4H3,(H2,21,22,23). The Kier molecular flexibility index (Phi) is 6.69. The van der Waals surface area contributed by atoms with E-state index in [2.05, 4.69) is 41.8 Å². The van der Waals surface area contributed by atoms with Gasteiger partial charge < -0.3 is 20.1 Å². The molecular weight excluding hydrogens is 316 g/mol. The minimum absolute atomic E-state index is 0.00833. The summed E-state index contributed by atoms with van der Waals surface area (Å²) in [5.41, 5.74) is 3.25. The van der Waals surface area contributed by atoms with Crippen molar-refractivity contribution in [2.24, 2.45) is 0 Å². The van der Waals surface area contributed by atoms with E-state index in [0.717, 1.165) is 17.5 Å². The van der Waals surface area contributed by atoms with Crippen LogP contribution in [0.15, 0.2) is 42.5 Å². The summed E-state index contributed by atoms with van der Waals surface area (Å²) in [4.78, 5) is 12.2. The number of carbonyl (C=O) groups is 1. The molecule has 5 nitrogen and oxygen atoms in total. The second-order valence-electron chi connectivity index (χ2n) is 5.89. The molecule has 25 heavy (non-hydrogen) atoms. The molecule has 0 saturated carbocycles. The van der Waals surface area contributed by atoms with Gasteiger partial charge in [-0.1, -0.05) is 42.8 Å². The number of amides is 2. The third-order valence-corrected chi connectivity index (χ3v) is 4.09. The van der Waals surface area contributed by atoms with E-state index in [1.807, 2.05) is 25.1 Å². The first-order valence-corrected chi connectivity index (χ1v) is 8.39. The zero-order valence-electron chi connectivity index (χ0n) is 15.3. The van der Waals surface area contributed by atoms with Gasteiger partial charge in [0, 0.05) is 6.54 Å². The minimum Gasteiger partial charge on any atom is -0.493 e. The molecule has 0 bridgehead atoms. The van der Waals surface area contributed by atoms with Crippen LogP contribution >= 0.6 is 0 Å². The predicted molar refractivity (Wildman–Crippen MR) is 99.1 cm³/mol. The van der Waals surface area contributed by atoms with Crippen LogP contribution < -0.4 is 20.1 Å². The molecule has 2 aromatic carbocycles. The summed E-state index contributed by atoms with van der Waals surface area (Å²) < 4.78 is 10.5. The van der Waals surface area contributed by atoms with E-state index in [1.165, 1.54) is 5.56 Å². The molecule has 0 aliphatic rings. The molecule has 0 heterocycles. The van der Waals surface area contributed by atoms with E-state index >= 15 is 0 Å². The molecule has 0 aliphatic carbocycles. The molecule has 1 unspecified atom stereocenters. The maximum Gasteiger partial charge on any atom is 0.315 e. The largest absolute Gasteiger partial charge is 0.493 e. The molecule has 0 saturated heterocycles. The molecule has 2 amide bonds. The molecule has 0 radical (unpaired) electrons. The fourth-order valence-electron chi connectivity index (χ4n) is 2.60. The number of ether oxygens (including phenoxy) is 2. The fraction of sp³-hybridized carbons (Fsp3) is 0.350. The van der Waals surface area contributed by atoms with Crippen molar-refractivity contribution in [3.8, 4) is 11.5 Å². The minimum atomic E-state index is -0.192. The second kappa shape index (κ2) is 8.97. The maximum absolute atomic E-state index is 12.2. The van der Waals surface area contributed by atoms with E-state index < -0.39 is 0 Å². The van der Waals surface area contributed by atoms with E-state index in [0.29, 0.717) is 18.0 Å². The van der Waals surface area contributed by atoms with Gasteiger partial charge in [-0.2, -0.15) is 0 Å². The molecule has 2 rings (SSSR count). The fourth-order valence-corrected chi connectivity index (χ4v) is 2.60. The van der Waals surface area contributed by atoms with Crippen LogP contribution in [0.1, 0.15) is 36.1 Å². The van der Waals surface area contributed by atoms with Gasteiger partial charge in [-0.15, -0.1) is 0 Å². The number of rotatable bonds is 7. The summed E-state index contributed by atoms with van der Waals surface area (Å²) in [7, 11) is 3.19. The van der Waals surface area contributed by atoms with Crippen LogP contribution in [0.3, 0.4) is 0 Å². The first kappa shape index (κ1) is 18.6. The average molecular weight is 342 g/mol. The first-order chi connectivity index (χ1) is 12.1. The molecule has 1 atom stereocenters. The number of carbonyl (C=O) groups excluding carboxylic acids is 1. The van der Waals surface area contributed by atoms with Crippen molar-refractivity contribution in [3.05, 3.63) is 59.2 Å². The molecule has 5 heteroatoms. The normalized spacial score (nSPS) is 11.5. The van der Waals surface area contributed by atoms with Crippen molar-refractivity contribution in [3.63, 3.8) is 0 Å². The van der Waals surface area contributed by atoms with Crippen LogP contribution in [0.4, 0.5) is 4.79 Å². The molecule has 134 valence electrons. The Bertz CT molecular complexity index is 699. The smallest absolute Gasteiger partial charge is 0.315 e. The Labute approximate surface area is 149 Å². The Morgan fingerprint density at radius 3 is 2.32 bits per heavy atom. The highest BCUT2D eigenvalue weighted by Gasteiger charge is 2.12. The van der Waals surface area contributed by atoms with Crippen LogP contribution in [-0.2, 0) is 6.54 Å². The Morgan fingerprint density at radius 1 is 1.04 bits per heavy atom. The molecule has 0 aliphatic heterocycles. The molecule has 0 fully saturated rings. The van der Waals surface area contributed by atoms with E-state index in [1.54, 1.807) is 14.2 Å². The van der Waals surface area contributed by atoms with Crippen LogP contribution in [0, 0.1) is 6.92 Å². The van der Waals surface area contributed by atoms with Gasteiger partial charge in [0.1, 0.15) is 0 Å². The number of methoxy groups -OCH3 is 2. The molecule has 2 N–H and O–H groups in total. The van der Waals surface area contributed by atoms with Gasteiger partial charge in [0.25, 0.3) is 0 Å².